The van der Waals surface area contributed by atoms with E-state index in [0.717, 1.165) is 0 Å². The summed E-state index contributed by atoms with van der Waals surface area (Å²) in [5.74, 6) is -2.75. The lowest BCUT2D eigenvalue weighted by atomic mass is 10.1. The highest BCUT2D eigenvalue weighted by Gasteiger charge is 2.79. The number of halogens is 12. The van der Waals surface area contributed by atoms with Gasteiger partial charge in [-0.25, -0.2) is 0 Å². The third-order valence-electron chi connectivity index (χ3n) is 2.69. The van der Waals surface area contributed by atoms with Gasteiger partial charge in [0, 0.05) is 0 Å². The first-order valence-electron chi connectivity index (χ1n) is 5.45. The SMILES string of the molecule is O=C1CC(=O)OC(Cl)(Cl)C(Cl)(Cl)C(Cl)(Cl)C(Cl)(Cl)C(Cl)(Cl)C(Cl)(Cl)O1. The largest absolute Gasteiger partial charge is 0.425 e. The lowest BCUT2D eigenvalue weighted by Crippen LogP contribution is -2.67. The van der Waals surface area contributed by atoms with E-state index >= 15 is 0 Å². The van der Waals surface area contributed by atoms with Crippen LogP contribution in [0.5, 0.6) is 0 Å². The summed E-state index contributed by atoms with van der Waals surface area (Å²) >= 11 is 71.3. The third kappa shape index (κ3) is 4.18. The van der Waals surface area contributed by atoms with E-state index in [1.54, 1.807) is 0 Å². The second-order valence-corrected chi connectivity index (χ2v) is 12.3. The number of carbonyl (C=O) groups is 2. The Kier molecular flexibility index (Phi) is 7.73. The Bertz CT molecular complexity index is 533. The maximum Gasteiger partial charge on any atom is 0.319 e. The zero-order valence-corrected chi connectivity index (χ0v) is 19.9. The molecule has 1 aliphatic rings. The van der Waals surface area contributed by atoms with Crippen LogP contribution < -0.4 is 0 Å². The van der Waals surface area contributed by atoms with Gasteiger partial charge in [-0.3, -0.25) is 9.59 Å². The topological polar surface area (TPSA) is 52.6 Å². The van der Waals surface area contributed by atoms with Gasteiger partial charge in [0.05, 0.1) is 0 Å². The van der Waals surface area contributed by atoms with E-state index in [4.69, 9.17) is 139 Å². The highest BCUT2D eigenvalue weighted by Crippen LogP contribution is 2.68. The fourth-order valence-corrected chi connectivity index (χ4v) is 4.87. The van der Waals surface area contributed by atoms with Crippen molar-refractivity contribution in [2.24, 2.45) is 0 Å². The Morgan fingerprint density at radius 2 is 0.760 bits per heavy atom. The molecule has 0 radical (unpaired) electrons. The molecule has 0 aromatic rings. The molecule has 1 heterocycles. The number of ether oxygens (including phenoxy) is 2. The highest BCUT2D eigenvalue weighted by molar-refractivity contribution is 6.78. The van der Waals surface area contributed by atoms with E-state index in [-0.39, 0.29) is 0 Å². The predicted molar refractivity (Wildman–Crippen MR) is 103 cm³/mol. The molecule has 0 bridgehead atoms. The summed E-state index contributed by atoms with van der Waals surface area (Å²) in [7, 11) is 0. The summed E-state index contributed by atoms with van der Waals surface area (Å²) in [6.45, 7) is 0. The van der Waals surface area contributed by atoms with Crippen molar-refractivity contribution in [2.45, 2.75) is 32.8 Å². The van der Waals surface area contributed by atoms with Crippen LogP contribution in [-0.2, 0) is 19.1 Å². The Hall–Kier alpha value is 2.42. The molecule has 0 saturated carbocycles. The fourth-order valence-electron chi connectivity index (χ4n) is 1.36. The Morgan fingerprint density at radius 1 is 0.520 bits per heavy atom. The first kappa shape index (κ1) is 25.5. The third-order valence-corrected chi connectivity index (χ3v) is 10.5. The molecule has 0 spiro atoms. The molecular formula is C9H2Cl12O4. The van der Waals surface area contributed by atoms with Crippen LogP contribution in [-0.4, -0.2) is 38.3 Å². The zero-order chi connectivity index (χ0) is 20.3. The van der Waals surface area contributed by atoms with Crippen molar-refractivity contribution in [3.63, 3.8) is 0 Å². The molecule has 0 aromatic heterocycles. The highest BCUT2D eigenvalue weighted by atomic mass is 35.6. The van der Waals surface area contributed by atoms with Crippen LogP contribution in [0.2, 0.25) is 0 Å². The van der Waals surface area contributed by atoms with Crippen LogP contribution in [0.4, 0.5) is 0 Å². The van der Waals surface area contributed by atoms with Gasteiger partial charge in [-0.05, 0) is 0 Å². The minimum Gasteiger partial charge on any atom is -0.425 e. The van der Waals surface area contributed by atoms with Crippen LogP contribution >= 0.6 is 139 Å². The predicted octanol–water partition coefficient (Wildman–Crippen LogP) is 6.43. The Balaban J connectivity index is 3.74. The second kappa shape index (κ2) is 7.59. The molecule has 0 aliphatic carbocycles. The molecule has 1 saturated heterocycles. The summed E-state index contributed by atoms with van der Waals surface area (Å²) in [5.41, 5.74) is 0. The summed E-state index contributed by atoms with van der Waals surface area (Å²) in [4.78, 5) is 23.5. The van der Waals surface area contributed by atoms with Crippen molar-refractivity contribution in [1.29, 1.82) is 0 Å². The number of esters is 2. The van der Waals surface area contributed by atoms with Crippen molar-refractivity contribution in [2.75, 3.05) is 0 Å². The van der Waals surface area contributed by atoms with E-state index < -0.39 is 44.7 Å². The summed E-state index contributed by atoms with van der Waals surface area (Å²) in [6, 6.07) is 0. The minimum atomic E-state index is -2.94. The van der Waals surface area contributed by atoms with E-state index in [1.807, 2.05) is 0 Å². The molecule has 0 N–H and O–H groups in total. The molecule has 16 heteroatoms. The summed E-state index contributed by atoms with van der Waals surface area (Å²) in [6.07, 6.45) is -1.11. The van der Waals surface area contributed by atoms with Crippen molar-refractivity contribution >= 4 is 151 Å². The number of hydrogen-bond acceptors (Lipinski definition) is 4. The van der Waals surface area contributed by atoms with E-state index in [1.165, 1.54) is 0 Å². The van der Waals surface area contributed by atoms with Crippen LogP contribution in [0, 0.1) is 0 Å². The molecule has 25 heavy (non-hydrogen) atoms. The quantitative estimate of drug-likeness (QED) is 0.183. The van der Waals surface area contributed by atoms with Crippen molar-refractivity contribution in [3.8, 4) is 0 Å². The van der Waals surface area contributed by atoms with Crippen molar-refractivity contribution < 1.29 is 19.1 Å². The number of hydrogen-bond donors (Lipinski definition) is 0. The molecule has 0 unspecified atom stereocenters. The number of alkyl halides is 12. The lowest BCUT2D eigenvalue weighted by Gasteiger charge is -2.50. The molecule has 1 aliphatic heterocycles. The summed E-state index contributed by atoms with van der Waals surface area (Å²) in [5, 5.41) is 0. The maximum atomic E-state index is 11.8. The molecular weight excluding hydrogens is 598 g/mol. The van der Waals surface area contributed by atoms with Gasteiger partial charge in [0.25, 0.3) is 9.04 Å². The van der Waals surface area contributed by atoms with Gasteiger partial charge >= 0.3 is 11.9 Å². The van der Waals surface area contributed by atoms with E-state index in [2.05, 4.69) is 9.47 Å². The number of cyclic esters (lactones) is 2. The Morgan fingerprint density at radius 3 is 1.00 bits per heavy atom. The van der Waals surface area contributed by atoms with E-state index in [9.17, 15) is 9.59 Å². The van der Waals surface area contributed by atoms with Gasteiger partial charge in [-0.15, -0.1) is 0 Å². The lowest BCUT2D eigenvalue weighted by molar-refractivity contribution is -0.158. The van der Waals surface area contributed by atoms with Crippen LogP contribution in [0.25, 0.3) is 0 Å². The van der Waals surface area contributed by atoms with Gasteiger partial charge in [-0.1, -0.05) is 139 Å². The van der Waals surface area contributed by atoms with Crippen molar-refractivity contribution in [1.82, 2.24) is 0 Å². The van der Waals surface area contributed by atoms with Crippen LogP contribution in [0.3, 0.4) is 0 Å². The van der Waals surface area contributed by atoms with Gasteiger partial charge in [0.2, 0.25) is 8.67 Å². The molecule has 0 atom stereocenters. The monoisotopic (exact) mass is 594 g/mol. The van der Waals surface area contributed by atoms with Gasteiger partial charge < -0.3 is 9.47 Å². The average molecular weight is 600 g/mol. The molecule has 4 nitrogen and oxygen atoms in total. The molecule has 1 fully saturated rings. The molecule has 146 valence electrons. The molecule has 0 amide bonds. The fraction of sp³-hybridized carbons (Fsp3) is 0.778. The zero-order valence-electron chi connectivity index (χ0n) is 10.9. The van der Waals surface area contributed by atoms with Crippen LogP contribution in [0.15, 0.2) is 0 Å². The van der Waals surface area contributed by atoms with Crippen molar-refractivity contribution in [3.05, 3.63) is 0 Å². The van der Waals surface area contributed by atoms with E-state index in [0.29, 0.717) is 0 Å². The first-order valence-corrected chi connectivity index (χ1v) is 9.99. The normalized spacial score (nSPS) is 29.8. The second-order valence-electron chi connectivity index (χ2n) is 4.46. The van der Waals surface area contributed by atoms with Gasteiger partial charge in [0.15, 0.2) is 8.67 Å². The molecule has 1 rings (SSSR count). The number of rotatable bonds is 0. The molecule has 0 aromatic carbocycles. The van der Waals surface area contributed by atoms with Gasteiger partial charge in [-0.2, -0.15) is 0 Å². The van der Waals surface area contributed by atoms with Gasteiger partial charge in [0.1, 0.15) is 6.42 Å². The smallest absolute Gasteiger partial charge is 0.319 e. The maximum absolute atomic E-state index is 11.8. The van der Waals surface area contributed by atoms with Crippen LogP contribution in [0.1, 0.15) is 6.42 Å². The standard InChI is InChI=1S/C9H2Cl12O4/c10-4(11)5(12,13)7(16,17)9(20,21)25-3(23)1-2(22)24-8(18,19)6(4,14)15/h1H2. The Labute approximate surface area is 201 Å². The summed E-state index contributed by atoms with van der Waals surface area (Å²) < 4.78 is -8.31. The average Bonchev–Trinajstić information content (AvgIpc) is 2.34. The minimum absolute atomic E-state index is 1.11. The number of carbonyl (C=O) groups excluding carboxylic acids is 2. The first-order chi connectivity index (χ1) is 10.7.